The van der Waals surface area contributed by atoms with Crippen LogP contribution in [0.25, 0.3) is 10.9 Å². The molecule has 0 fully saturated rings. The number of aryl methyl sites for hydroxylation is 3. The zero-order valence-electron chi connectivity index (χ0n) is 21.8. The van der Waals surface area contributed by atoms with Gasteiger partial charge in [0, 0.05) is 37.8 Å². The van der Waals surface area contributed by atoms with Gasteiger partial charge in [0.1, 0.15) is 6.04 Å². The van der Waals surface area contributed by atoms with Crippen molar-refractivity contribution in [3.05, 3.63) is 59.3 Å². The molecule has 1 aliphatic heterocycles. The van der Waals surface area contributed by atoms with Crippen molar-refractivity contribution in [2.45, 2.75) is 50.5 Å². The fourth-order valence-electron chi connectivity index (χ4n) is 4.53. The summed E-state index contributed by atoms with van der Waals surface area (Å²) in [6.07, 6.45) is 5.14. The van der Waals surface area contributed by atoms with Crippen LogP contribution in [0.5, 0.6) is 0 Å². The van der Waals surface area contributed by atoms with Crippen LogP contribution in [0.4, 0.5) is 0 Å². The summed E-state index contributed by atoms with van der Waals surface area (Å²) in [5, 5.41) is 23.8. The summed E-state index contributed by atoms with van der Waals surface area (Å²) in [5.74, 6) is -1.93. The molecule has 2 atom stereocenters. The number of sulfonamides is 1. The largest absolute Gasteiger partial charge is 0.480 e. The monoisotopic (exact) mass is 555 g/mol. The molecule has 12 nitrogen and oxygen atoms in total. The van der Waals surface area contributed by atoms with Crippen LogP contribution in [0.2, 0.25) is 0 Å². The number of aromatic nitrogens is 2. The van der Waals surface area contributed by atoms with Crippen LogP contribution < -0.4 is 20.7 Å². The van der Waals surface area contributed by atoms with Gasteiger partial charge in [0.15, 0.2) is 6.29 Å². The van der Waals surface area contributed by atoms with Crippen LogP contribution in [0.3, 0.4) is 0 Å². The number of aliphatic imine (C=N–C) groups is 1. The van der Waals surface area contributed by atoms with Crippen molar-refractivity contribution in [2.75, 3.05) is 19.6 Å². The van der Waals surface area contributed by atoms with E-state index in [4.69, 9.17) is 0 Å². The molecule has 0 spiro atoms. The second-order valence-electron chi connectivity index (χ2n) is 9.33. The number of carbonyl (C=O) groups is 2. The lowest BCUT2D eigenvalue weighted by molar-refractivity contribution is -0.138. The Morgan fingerprint density at radius 1 is 1.18 bits per heavy atom. The van der Waals surface area contributed by atoms with Gasteiger partial charge in [0.2, 0.25) is 10.0 Å². The average Bonchev–Trinajstić information content (AvgIpc) is 3.32. The molecule has 0 bridgehead atoms. The fourth-order valence-corrected chi connectivity index (χ4v) is 6.19. The molecule has 2 aromatic carbocycles. The minimum absolute atomic E-state index is 0.0256. The van der Waals surface area contributed by atoms with E-state index >= 15 is 0 Å². The molecule has 5 N–H and O–H groups in total. The van der Waals surface area contributed by atoms with Gasteiger partial charge in [0.05, 0.1) is 22.2 Å². The second kappa shape index (κ2) is 12.5. The van der Waals surface area contributed by atoms with Crippen molar-refractivity contribution in [3.8, 4) is 0 Å². The van der Waals surface area contributed by atoms with Crippen LogP contribution >= 0.6 is 0 Å². The van der Waals surface area contributed by atoms with E-state index in [1.807, 2.05) is 17.0 Å². The molecule has 1 aromatic heterocycles. The van der Waals surface area contributed by atoms with Gasteiger partial charge in [-0.05, 0) is 49.9 Å². The van der Waals surface area contributed by atoms with E-state index in [-0.39, 0.29) is 11.2 Å². The topological polar surface area (TPSA) is 167 Å². The predicted molar refractivity (Wildman–Crippen MR) is 147 cm³/mol. The van der Waals surface area contributed by atoms with Crippen molar-refractivity contribution >= 4 is 39.0 Å². The van der Waals surface area contributed by atoms with Gasteiger partial charge in [0.25, 0.3) is 5.91 Å². The number of fused-ring (bicyclic) bond motifs is 1. The van der Waals surface area contributed by atoms with Gasteiger partial charge in [-0.15, -0.1) is 0 Å². The van der Waals surface area contributed by atoms with E-state index in [0.717, 1.165) is 31.4 Å². The third-order valence-electron chi connectivity index (χ3n) is 6.42. The number of amides is 1. The number of rotatable bonds is 12. The third-order valence-corrected chi connectivity index (χ3v) is 8.20. The van der Waals surface area contributed by atoms with Gasteiger partial charge in [-0.2, -0.15) is 9.82 Å². The minimum Gasteiger partial charge on any atom is -0.480 e. The molecule has 0 saturated heterocycles. The van der Waals surface area contributed by atoms with Crippen molar-refractivity contribution < 1.29 is 23.1 Å². The lowest BCUT2D eigenvalue weighted by atomic mass is 10.1. The third kappa shape index (κ3) is 6.87. The molecule has 1 amide bonds. The van der Waals surface area contributed by atoms with Crippen LogP contribution in [0, 0.1) is 13.8 Å². The maximum absolute atomic E-state index is 13.0. The summed E-state index contributed by atoms with van der Waals surface area (Å²) in [5.41, 5.74) is 2.07. The average molecular weight is 556 g/mol. The van der Waals surface area contributed by atoms with Crippen LogP contribution in [0.15, 0.2) is 52.5 Å². The highest BCUT2D eigenvalue weighted by Crippen LogP contribution is 2.21. The fraction of sp³-hybridized carbons (Fsp3) is 0.385. The summed E-state index contributed by atoms with van der Waals surface area (Å²) in [4.78, 5) is 29.3. The number of nitrogens with zero attached hydrogens (tertiary/aromatic N) is 3. The van der Waals surface area contributed by atoms with Gasteiger partial charge in [-0.3, -0.25) is 29.9 Å². The predicted octanol–water partition coefficient (Wildman–Crippen LogP) is 1.14. The van der Waals surface area contributed by atoms with Crippen LogP contribution in [-0.2, 0) is 21.4 Å². The number of carbonyl (C=O) groups excluding carboxylic acids is 1. The van der Waals surface area contributed by atoms with Crippen LogP contribution in [-0.4, -0.2) is 73.4 Å². The Hall–Kier alpha value is -3.65. The Bertz CT molecular complexity index is 1460. The number of hydrogen-bond donors (Lipinski definition) is 5. The number of nitrogens with one attached hydrogen (secondary N) is 4. The minimum atomic E-state index is -4.14. The normalized spacial score (nSPS) is 16.3. The standard InChI is InChI=1S/C26H33N7O5S/c1-17-7-3-8-18(2)23(17)39(37,38)32-21(25(35)36)16-30-24(34)19-9-4-10-22-20(19)15-31-33(22)14-6-13-29-26-27-11-5-12-28-26/h3-4,7-11,15,21,26,28-29,32H,5-6,12-14,16H2,1-2H3,(H,30,34)(H,35,36). The molecule has 0 saturated carbocycles. The number of aliphatic carboxylic acids is 1. The van der Waals surface area contributed by atoms with Gasteiger partial charge in [-0.25, -0.2) is 8.42 Å². The van der Waals surface area contributed by atoms with E-state index in [9.17, 15) is 23.1 Å². The summed E-state index contributed by atoms with van der Waals surface area (Å²) in [6.45, 7) is 5.08. The Labute approximate surface area is 226 Å². The zero-order valence-corrected chi connectivity index (χ0v) is 22.7. The maximum atomic E-state index is 13.0. The van der Waals surface area contributed by atoms with Crippen molar-refractivity contribution in [2.24, 2.45) is 4.99 Å². The summed E-state index contributed by atoms with van der Waals surface area (Å²) >= 11 is 0. The Morgan fingerprint density at radius 3 is 2.62 bits per heavy atom. The first-order valence-corrected chi connectivity index (χ1v) is 14.2. The smallest absolute Gasteiger partial charge is 0.323 e. The van der Waals surface area contributed by atoms with E-state index in [0.29, 0.717) is 28.6 Å². The lowest BCUT2D eigenvalue weighted by Crippen LogP contribution is -2.48. The van der Waals surface area contributed by atoms with Gasteiger partial charge >= 0.3 is 5.97 Å². The summed E-state index contributed by atoms with van der Waals surface area (Å²) < 4.78 is 30.0. The number of benzene rings is 2. The Morgan fingerprint density at radius 2 is 1.92 bits per heavy atom. The summed E-state index contributed by atoms with van der Waals surface area (Å²) in [7, 11) is -4.14. The highest BCUT2D eigenvalue weighted by atomic mass is 32.2. The molecule has 39 heavy (non-hydrogen) atoms. The molecule has 0 radical (unpaired) electrons. The van der Waals surface area contributed by atoms with Crippen molar-refractivity contribution in [1.82, 2.24) is 30.5 Å². The van der Waals surface area contributed by atoms with Gasteiger partial charge < -0.3 is 10.4 Å². The van der Waals surface area contributed by atoms with E-state index in [1.54, 1.807) is 50.4 Å². The van der Waals surface area contributed by atoms with E-state index < -0.39 is 34.5 Å². The first-order valence-electron chi connectivity index (χ1n) is 12.7. The molecule has 1 aliphatic rings. The molecular formula is C26H33N7O5S. The van der Waals surface area contributed by atoms with E-state index in [1.165, 1.54) is 0 Å². The highest BCUT2D eigenvalue weighted by molar-refractivity contribution is 7.89. The maximum Gasteiger partial charge on any atom is 0.323 e. The van der Waals surface area contributed by atoms with E-state index in [2.05, 4.69) is 30.8 Å². The first-order chi connectivity index (χ1) is 18.7. The van der Waals surface area contributed by atoms with Crippen molar-refractivity contribution in [1.29, 1.82) is 0 Å². The summed E-state index contributed by atoms with van der Waals surface area (Å²) in [6, 6.07) is 8.65. The SMILES string of the molecule is Cc1cccc(C)c1S(=O)(=O)NC(CNC(=O)c1cccc2c1cnn2CCCNC1N=CCCN1)C(=O)O. The molecule has 208 valence electrons. The number of carboxylic acid groups (broad SMARTS) is 1. The molecule has 4 rings (SSSR count). The second-order valence-corrected chi connectivity index (χ2v) is 11.0. The van der Waals surface area contributed by atoms with Crippen LogP contribution in [0.1, 0.15) is 34.3 Å². The highest BCUT2D eigenvalue weighted by Gasteiger charge is 2.28. The zero-order chi connectivity index (χ0) is 28.0. The van der Waals surface area contributed by atoms with Crippen molar-refractivity contribution in [3.63, 3.8) is 0 Å². The molecule has 0 aliphatic carbocycles. The lowest BCUT2D eigenvalue weighted by Gasteiger charge is -2.19. The first kappa shape index (κ1) is 28.4. The number of carboxylic acids is 1. The number of hydrogen-bond acceptors (Lipinski definition) is 8. The van der Waals surface area contributed by atoms with Gasteiger partial charge in [-0.1, -0.05) is 24.3 Å². The Balaban J connectivity index is 1.40. The molecule has 2 heterocycles. The molecular weight excluding hydrogens is 522 g/mol. The molecule has 3 aromatic rings. The molecule has 2 unspecified atom stereocenters. The quantitative estimate of drug-likeness (QED) is 0.208. The molecule has 13 heteroatoms. The Kier molecular flexibility index (Phi) is 9.07.